The van der Waals surface area contributed by atoms with Gasteiger partial charge in [0.2, 0.25) is 5.91 Å². The van der Waals surface area contributed by atoms with Crippen molar-refractivity contribution in [1.29, 1.82) is 0 Å². The smallest absolute Gasteiger partial charge is 0.225 e. The summed E-state index contributed by atoms with van der Waals surface area (Å²) >= 11 is 0. The fourth-order valence-corrected chi connectivity index (χ4v) is 3.06. The summed E-state index contributed by atoms with van der Waals surface area (Å²) < 4.78 is 16.0. The van der Waals surface area contributed by atoms with E-state index in [1.807, 2.05) is 23.1 Å². The van der Waals surface area contributed by atoms with E-state index in [0.717, 1.165) is 36.4 Å². The molecule has 1 aliphatic heterocycles. The first-order chi connectivity index (χ1) is 11.1. The zero-order valence-corrected chi connectivity index (χ0v) is 15.3. The zero-order chi connectivity index (χ0) is 16.8. The lowest BCUT2D eigenvalue weighted by Gasteiger charge is -2.28. The van der Waals surface area contributed by atoms with Gasteiger partial charge in [-0.25, -0.2) is 0 Å². The number of amides is 1. The van der Waals surface area contributed by atoms with Crippen molar-refractivity contribution in [2.75, 3.05) is 34.4 Å². The van der Waals surface area contributed by atoms with Crippen molar-refractivity contribution >= 4 is 18.3 Å². The van der Waals surface area contributed by atoms with E-state index < -0.39 is 0 Å². The van der Waals surface area contributed by atoms with Crippen molar-refractivity contribution in [2.45, 2.75) is 31.4 Å². The van der Waals surface area contributed by atoms with E-state index in [4.69, 9.17) is 19.9 Å². The Balaban J connectivity index is 0.00000288. The predicted molar refractivity (Wildman–Crippen MR) is 95.0 cm³/mol. The lowest BCUT2D eigenvalue weighted by atomic mass is 10.0. The molecule has 7 heteroatoms. The van der Waals surface area contributed by atoms with Crippen molar-refractivity contribution in [2.24, 2.45) is 5.73 Å². The van der Waals surface area contributed by atoms with Crippen molar-refractivity contribution in [3.63, 3.8) is 0 Å². The maximum atomic E-state index is 12.6. The summed E-state index contributed by atoms with van der Waals surface area (Å²) in [6, 6.07) is 5.76. The molecule has 1 amide bonds. The zero-order valence-electron chi connectivity index (χ0n) is 14.5. The SMILES string of the molecule is COc1ccc(C2CCCN2C(=O)CC(CN)OC)c(OC)c1.Cl. The average molecular weight is 359 g/mol. The third-order valence-electron chi connectivity index (χ3n) is 4.37. The number of nitrogens with zero attached hydrogens (tertiary/aromatic N) is 1. The molecule has 1 saturated heterocycles. The third kappa shape index (κ3) is 4.53. The van der Waals surface area contributed by atoms with Gasteiger partial charge in [0.15, 0.2) is 0 Å². The van der Waals surface area contributed by atoms with E-state index in [1.165, 1.54) is 0 Å². The minimum Gasteiger partial charge on any atom is -0.497 e. The highest BCUT2D eigenvalue weighted by molar-refractivity contribution is 5.85. The van der Waals surface area contributed by atoms with Gasteiger partial charge in [0.05, 0.1) is 32.8 Å². The number of carbonyl (C=O) groups is 1. The number of likely N-dealkylation sites (tertiary alicyclic amines) is 1. The molecular weight excluding hydrogens is 332 g/mol. The Morgan fingerprint density at radius 1 is 1.33 bits per heavy atom. The van der Waals surface area contributed by atoms with Gasteiger partial charge in [-0.1, -0.05) is 0 Å². The van der Waals surface area contributed by atoms with Crippen LogP contribution in [0, 0.1) is 0 Å². The van der Waals surface area contributed by atoms with E-state index >= 15 is 0 Å². The molecule has 1 aromatic carbocycles. The van der Waals surface area contributed by atoms with Gasteiger partial charge in [0, 0.05) is 31.8 Å². The van der Waals surface area contributed by atoms with Crippen LogP contribution in [0.15, 0.2) is 18.2 Å². The molecule has 0 spiro atoms. The van der Waals surface area contributed by atoms with Gasteiger partial charge in [-0.2, -0.15) is 0 Å². The molecule has 1 aromatic rings. The molecule has 2 N–H and O–H groups in total. The van der Waals surface area contributed by atoms with Gasteiger partial charge in [-0.05, 0) is 25.0 Å². The molecule has 2 atom stereocenters. The van der Waals surface area contributed by atoms with Crippen LogP contribution in [0.4, 0.5) is 0 Å². The van der Waals surface area contributed by atoms with E-state index in [9.17, 15) is 4.79 Å². The molecule has 0 aromatic heterocycles. The molecule has 24 heavy (non-hydrogen) atoms. The first-order valence-corrected chi connectivity index (χ1v) is 7.88. The Morgan fingerprint density at radius 3 is 2.67 bits per heavy atom. The minimum absolute atomic E-state index is 0. The molecule has 2 unspecified atom stereocenters. The number of nitrogens with two attached hydrogens (primary N) is 1. The van der Waals surface area contributed by atoms with E-state index in [0.29, 0.717) is 13.0 Å². The second kappa shape index (κ2) is 9.71. The van der Waals surface area contributed by atoms with E-state index in [-0.39, 0.29) is 30.5 Å². The van der Waals surface area contributed by atoms with Gasteiger partial charge in [-0.3, -0.25) is 4.79 Å². The van der Waals surface area contributed by atoms with Crippen molar-refractivity contribution < 1.29 is 19.0 Å². The fraction of sp³-hybridized carbons (Fsp3) is 0.588. The summed E-state index contributed by atoms with van der Waals surface area (Å²) in [5.41, 5.74) is 6.64. The van der Waals surface area contributed by atoms with Gasteiger partial charge in [0.1, 0.15) is 11.5 Å². The summed E-state index contributed by atoms with van der Waals surface area (Å²) in [5.74, 6) is 1.56. The summed E-state index contributed by atoms with van der Waals surface area (Å²) in [4.78, 5) is 14.5. The summed E-state index contributed by atoms with van der Waals surface area (Å²) in [6.45, 7) is 1.09. The van der Waals surface area contributed by atoms with Crippen LogP contribution in [-0.4, -0.2) is 51.3 Å². The Kier molecular flexibility index (Phi) is 8.31. The van der Waals surface area contributed by atoms with Gasteiger partial charge >= 0.3 is 0 Å². The fourth-order valence-electron chi connectivity index (χ4n) is 3.06. The maximum Gasteiger partial charge on any atom is 0.225 e. The second-order valence-corrected chi connectivity index (χ2v) is 5.65. The minimum atomic E-state index is -0.235. The van der Waals surface area contributed by atoms with Gasteiger partial charge in [0.25, 0.3) is 0 Å². The number of ether oxygens (including phenoxy) is 3. The summed E-state index contributed by atoms with van der Waals surface area (Å²) in [7, 11) is 4.84. The lowest BCUT2D eigenvalue weighted by molar-refractivity contribution is -0.134. The number of halogens is 1. The molecule has 0 radical (unpaired) electrons. The Hall–Kier alpha value is -1.50. The first kappa shape index (κ1) is 20.5. The molecule has 136 valence electrons. The normalized spacial score (nSPS) is 18.0. The molecule has 1 heterocycles. The number of rotatable bonds is 7. The Bertz CT molecular complexity index is 537. The number of benzene rings is 1. The monoisotopic (exact) mass is 358 g/mol. The topological polar surface area (TPSA) is 74.0 Å². The largest absolute Gasteiger partial charge is 0.497 e. The second-order valence-electron chi connectivity index (χ2n) is 5.65. The summed E-state index contributed by atoms with van der Waals surface area (Å²) in [6.07, 6.45) is 1.98. The summed E-state index contributed by atoms with van der Waals surface area (Å²) in [5, 5.41) is 0. The highest BCUT2D eigenvalue weighted by atomic mass is 35.5. The molecule has 0 saturated carbocycles. The number of carbonyl (C=O) groups excluding carboxylic acids is 1. The van der Waals surface area contributed by atoms with Crippen LogP contribution in [0.3, 0.4) is 0 Å². The maximum absolute atomic E-state index is 12.6. The van der Waals surface area contributed by atoms with Crippen LogP contribution in [-0.2, 0) is 9.53 Å². The molecule has 2 rings (SSSR count). The highest BCUT2D eigenvalue weighted by Crippen LogP contribution is 2.39. The van der Waals surface area contributed by atoms with Crippen molar-refractivity contribution in [3.8, 4) is 11.5 Å². The van der Waals surface area contributed by atoms with Crippen LogP contribution < -0.4 is 15.2 Å². The highest BCUT2D eigenvalue weighted by Gasteiger charge is 2.32. The lowest BCUT2D eigenvalue weighted by Crippen LogP contribution is -2.35. The Morgan fingerprint density at radius 2 is 2.08 bits per heavy atom. The van der Waals surface area contributed by atoms with Crippen LogP contribution in [0.2, 0.25) is 0 Å². The van der Waals surface area contributed by atoms with Crippen LogP contribution in [0.5, 0.6) is 11.5 Å². The van der Waals surface area contributed by atoms with Crippen LogP contribution in [0.1, 0.15) is 30.9 Å². The molecule has 1 aliphatic rings. The quantitative estimate of drug-likeness (QED) is 0.808. The molecule has 6 nitrogen and oxygen atoms in total. The third-order valence-corrected chi connectivity index (χ3v) is 4.37. The van der Waals surface area contributed by atoms with Crippen LogP contribution in [0.25, 0.3) is 0 Å². The van der Waals surface area contributed by atoms with E-state index in [2.05, 4.69) is 0 Å². The number of methoxy groups -OCH3 is 3. The standard InChI is InChI=1S/C17H26N2O4.ClH/c1-21-12-6-7-14(16(9-12)23-3)15-5-4-8-19(15)17(20)10-13(11-18)22-2;/h6-7,9,13,15H,4-5,8,10-11,18H2,1-3H3;1H. The average Bonchev–Trinajstić information content (AvgIpc) is 3.08. The molecule has 0 bridgehead atoms. The number of hydrogen-bond donors (Lipinski definition) is 1. The molecule has 0 aliphatic carbocycles. The van der Waals surface area contributed by atoms with Gasteiger partial charge < -0.3 is 24.8 Å². The first-order valence-electron chi connectivity index (χ1n) is 7.88. The van der Waals surface area contributed by atoms with E-state index in [1.54, 1.807) is 21.3 Å². The predicted octanol–water partition coefficient (Wildman–Crippen LogP) is 2.15. The Labute approximate surface area is 149 Å². The van der Waals surface area contributed by atoms with Crippen molar-refractivity contribution in [1.82, 2.24) is 4.90 Å². The van der Waals surface area contributed by atoms with Gasteiger partial charge in [-0.15, -0.1) is 12.4 Å². The van der Waals surface area contributed by atoms with Crippen LogP contribution >= 0.6 is 12.4 Å². The number of hydrogen-bond acceptors (Lipinski definition) is 5. The van der Waals surface area contributed by atoms with Crippen molar-refractivity contribution in [3.05, 3.63) is 23.8 Å². The molecular formula is C17H27ClN2O4. The molecule has 1 fully saturated rings.